The second-order valence-electron chi connectivity index (χ2n) is 6.28. The number of rotatable bonds is 3. The maximum Gasteiger partial charge on any atom is 0.336 e. The molecule has 1 saturated heterocycles. The van der Waals surface area contributed by atoms with Crippen molar-refractivity contribution in [2.24, 2.45) is 0 Å². The zero-order valence-corrected chi connectivity index (χ0v) is 14.2. The highest BCUT2D eigenvalue weighted by Gasteiger charge is 2.27. The summed E-state index contributed by atoms with van der Waals surface area (Å²) >= 11 is 0. The summed E-state index contributed by atoms with van der Waals surface area (Å²) in [5.74, 6) is 0.916. The van der Waals surface area contributed by atoms with Gasteiger partial charge in [-0.15, -0.1) is 0 Å². The molecule has 0 spiro atoms. The molecule has 0 saturated carbocycles. The Kier molecular flexibility index (Phi) is 3.87. The van der Waals surface area contributed by atoms with Gasteiger partial charge in [0.1, 0.15) is 17.7 Å². The molecule has 1 aliphatic rings. The molecule has 4 rings (SSSR count). The standard InChI is InChI=1S/C18H17FN6O/c1-10(20)26-18(21)12-2-3-15-14(6-12)17(24-23-15)11-4-5-22-16(7-11)25-8-13(19)9-25/h2-7,13,20-21H,8-9H2,1H3,(H,23,24)/p+1. The monoisotopic (exact) mass is 353 g/mol. The minimum absolute atomic E-state index is 0.0240. The van der Waals surface area contributed by atoms with Gasteiger partial charge in [0.15, 0.2) is 0 Å². The molecular weight excluding hydrogens is 335 g/mol. The quantitative estimate of drug-likeness (QED) is 0.488. The number of anilines is 1. The summed E-state index contributed by atoms with van der Waals surface area (Å²) in [6.45, 7) is 2.32. The molecule has 4 N–H and O–H groups in total. The van der Waals surface area contributed by atoms with Crippen molar-refractivity contribution in [3.05, 3.63) is 42.1 Å². The molecule has 132 valence electrons. The van der Waals surface area contributed by atoms with E-state index in [-0.39, 0.29) is 11.8 Å². The van der Waals surface area contributed by atoms with Crippen LogP contribution >= 0.6 is 0 Å². The lowest BCUT2D eigenvalue weighted by Crippen LogP contribution is -2.48. The minimum Gasteiger partial charge on any atom is -0.390 e. The number of nitrogens with two attached hydrogens (primary N) is 1. The summed E-state index contributed by atoms with van der Waals surface area (Å²) in [4.78, 5) is 6.20. The van der Waals surface area contributed by atoms with Gasteiger partial charge in [0.05, 0.1) is 25.5 Å². The maximum atomic E-state index is 13.1. The minimum atomic E-state index is -0.789. The van der Waals surface area contributed by atoms with Crippen LogP contribution in [0.3, 0.4) is 0 Å². The van der Waals surface area contributed by atoms with E-state index in [4.69, 9.17) is 15.6 Å². The molecule has 26 heavy (non-hydrogen) atoms. The first kappa shape index (κ1) is 16.2. The third-order valence-corrected chi connectivity index (χ3v) is 4.27. The number of H-pyrrole nitrogens is 1. The van der Waals surface area contributed by atoms with Gasteiger partial charge in [-0.2, -0.15) is 5.10 Å². The van der Waals surface area contributed by atoms with Gasteiger partial charge < -0.3 is 9.64 Å². The number of benzene rings is 1. The van der Waals surface area contributed by atoms with E-state index >= 15 is 0 Å². The van der Waals surface area contributed by atoms with E-state index in [0.717, 1.165) is 28.0 Å². The fourth-order valence-corrected chi connectivity index (χ4v) is 2.95. The molecule has 1 fully saturated rings. The Balaban J connectivity index is 1.71. The highest BCUT2D eigenvalue weighted by atomic mass is 19.1. The molecule has 8 heteroatoms. The number of ether oxygens (including phenoxy) is 1. The van der Waals surface area contributed by atoms with Crippen molar-refractivity contribution in [3.63, 3.8) is 0 Å². The summed E-state index contributed by atoms with van der Waals surface area (Å²) in [5, 5.41) is 21.8. The number of aromatic nitrogens is 3. The van der Waals surface area contributed by atoms with Crippen molar-refractivity contribution in [2.45, 2.75) is 13.1 Å². The van der Waals surface area contributed by atoms with Gasteiger partial charge >= 0.3 is 5.90 Å². The zero-order valence-electron chi connectivity index (χ0n) is 14.2. The van der Waals surface area contributed by atoms with E-state index in [2.05, 4.69) is 15.2 Å². The van der Waals surface area contributed by atoms with Crippen LogP contribution in [0.25, 0.3) is 22.2 Å². The van der Waals surface area contributed by atoms with Crippen molar-refractivity contribution in [2.75, 3.05) is 18.0 Å². The van der Waals surface area contributed by atoms with Crippen molar-refractivity contribution >= 4 is 28.5 Å². The van der Waals surface area contributed by atoms with Crippen LogP contribution < -0.4 is 10.3 Å². The second-order valence-corrected chi connectivity index (χ2v) is 6.28. The van der Waals surface area contributed by atoms with Crippen LogP contribution in [0.15, 0.2) is 36.5 Å². The molecule has 7 nitrogen and oxygen atoms in total. The number of nitrogens with zero attached hydrogens (tertiary/aromatic N) is 3. The number of alkyl halides is 1. The molecule has 1 aliphatic heterocycles. The van der Waals surface area contributed by atoms with Gasteiger partial charge in [-0.25, -0.2) is 14.8 Å². The lowest BCUT2D eigenvalue weighted by Gasteiger charge is -2.35. The SMILES string of the molecule is CC(=[NH2+])OC(=N)c1ccc2[nH]nc(-c3ccnc(N4CC(F)C4)c3)c2c1. The van der Waals surface area contributed by atoms with Gasteiger partial charge in [0, 0.05) is 22.7 Å². The van der Waals surface area contributed by atoms with E-state index in [1.165, 1.54) is 0 Å². The average molecular weight is 353 g/mol. The summed E-state index contributed by atoms with van der Waals surface area (Å²) < 4.78 is 18.3. The summed E-state index contributed by atoms with van der Waals surface area (Å²) in [7, 11) is 0. The van der Waals surface area contributed by atoms with Gasteiger partial charge in [-0.05, 0) is 30.3 Å². The van der Waals surface area contributed by atoms with Gasteiger partial charge in [-0.1, -0.05) is 0 Å². The fraction of sp³-hybridized carbons (Fsp3) is 0.222. The first-order valence-corrected chi connectivity index (χ1v) is 8.20. The Hall–Kier alpha value is -3.29. The first-order chi connectivity index (χ1) is 12.5. The van der Waals surface area contributed by atoms with E-state index in [9.17, 15) is 4.39 Å². The van der Waals surface area contributed by atoms with Crippen LogP contribution in [0.4, 0.5) is 10.2 Å². The molecule has 2 aromatic heterocycles. The highest BCUT2D eigenvalue weighted by molar-refractivity contribution is 6.03. The average Bonchev–Trinajstić information content (AvgIpc) is 3.01. The number of pyridine rings is 1. The van der Waals surface area contributed by atoms with E-state index in [1.807, 2.05) is 29.2 Å². The normalized spacial score (nSPS) is 14.3. The van der Waals surface area contributed by atoms with E-state index in [0.29, 0.717) is 18.7 Å². The molecule has 3 heterocycles. The van der Waals surface area contributed by atoms with Crippen LogP contribution in [0.5, 0.6) is 0 Å². The predicted molar refractivity (Wildman–Crippen MR) is 97.0 cm³/mol. The number of hydrogen-bond acceptors (Lipinski definition) is 5. The van der Waals surface area contributed by atoms with Crippen molar-refractivity contribution in [3.8, 4) is 11.3 Å². The zero-order chi connectivity index (χ0) is 18.3. The summed E-state index contributed by atoms with van der Waals surface area (Å²) in [5.41, 5.74) is 3.05. The molecular formula is C18H18FN6O+. The Morgan fingerprint density at radius 3 is 2.88 bits per heavy atom. The van der Waals surface area contributed by atoms with Crippen LogP contribution in [0.2, 0.25) is 0 Å². The number of fused-ring (bicyclic) bond motifs is 1. The molecule has 0 atom stereocenters. The number of nitrogens with one attached hydrogen (secondary N) is 2. The molecule has 0 unspecified atom stereocenters. The third kappa shape index (κ3) is 2.90. The first-order valence-electron chi connectivity index (χ1n) is 8.20. The van der Waals surface area contributed by atoms with Gasteiger partial charge in [0.25, 0.3) is 0 Å². The number of aromatic amines is 1. The molecule has 1 aromatic carbocycles. The lowest BCUT2D eigenvalue weighted by atomic mass is 10.1. The Bertz CT molecular complexity index is 1010. The van der Waals surface area contributed by atoms with E-state index < -0.39 is 6.17 Å². The maximum absolute atomic E-state index is 13.1. The second kappa shape index (κ2) is 6.21. The molecule has 0 amide bonds. The Morgan fingerprint density at radius 2 is 2.15 bits per heavy atom. The molecule has 3 aromatic rings. The Labute approximate surface area is 148 Å². The molecule has 0 radical (unpaired) electrons. The summed E-state index contributed by atoms with van der Waals surface area (Å²) in [6, 6.07) is 9.21. The molecule has 0 bridgehead atoms. The van der Waals surface area contributed by atoms with Crippen LogP contribution in [-0.4, -0.2) is 46.2 Å². The van der Waals surface area contributed by atoms with Crippen molar-refractivity contribution in [1.82, 2.24) is 15.2 Å². The molecule has 0 aliphatic carbocycles. The highest BCUT2D eigenvalue weighted by Crippen LogP contribution is 2.30. The lowest BCUT2D eigenvalue weighted by molar-refractivity contribution is -0.133. The predicted octanol–water partition coefficient (Wildman–Crippen LogP) is 1.30. The van der Waals surface area contributed by atoms with Gasteiger partial charge in [-0.3, -0.25) is 10.5 Å². The smallest absolute Gasteiger partial charge is 0.336 e. The van der Waals surface area contributed by atoms with Crippen molar-refractivity contribution < 1.29 is 14.5 Å². The van der Waals surface area contributed by atoms with Crippen LogP contribution in [0.1, 0.15) is 12.5 Å². The fourth-order valence-electron chi connectivity index (χ4n) is 2.95. The van der Waals surface area contributed by atoms with Crippen molar-refractivity contribution in [1.29, 1.82) is 5.41 Å². The number of halogens is 1. The third-order valence-electron chi connectivity index (χ3n) is 4.27. The Morgan fingerprint density at radius 1 is 1.35 bits per heavy atom. The van der Waals surface area contributed by atoms with Crippen LogP contribution in [-0.2, 0) is 4.74 Å². The van der Waals surface area contributed by atoms with E-state index in [1.54, 1.807) is 19.2 Å². The van der Waals surface area contributed by atoms with Crippen LogP contribution in [0, 0.1) is 5.41 Å². The topological polar surface area (TPSA) is 103 Å². The summed E-state index contributed by atoms with van der Waals surface area (Å²) in [6.07, 6.45) is 0.904. The largest absolute Gasteiger partial charge is 0.390 e. The number of hydrogen-bond donors (Lipinski definition) is 3. The van der Waals surface area contributed by atoms with Gasteiger partial charge in [0.2, 0.25) is 5.90 Å².